The summed E-state index contributed by atoms with van der Waals surface area (Å²) in [7, 11) is 1.82. The predicted molar refractivity (Wildman–Crippen MR) is 83.6 cm³/mol. The molecule has 0 saturated carbocycles. The predicted octanol–water partition coefficient (Wildman–Crippen LogP) is 1.52. The van der Waals surface area contributed by atoms with Crippen molar-refractivity contribution in [2.24, 2.45) is 7.05 Å². The van der Waals surface area contributed by atoms with Crippen molar-refractivity contribution in [2.75, 3.05) is 11.9 Å². The Balaban J connectivity index is 1.78. The van der Waals surface area contributed by atoms with Crippen LogP contribution < -0.4 is 10.6 Å². The highest BCUT2D eigenvalue weighted by atomic mass is 16.2. The Hall–Kier alpha value is -2.38. The highest BCUT2D eigenvalue weighted by Gasteiger charge is 2.19. The standard InChI is InChI=1S/C14H23N7O/c1-14(2,3)11-10-12(20(4)18-11)17-13(22)15-6-5-8-21-9-7-16-19-21/h7,9-10H,5-6,8H2,1-4H3,(H2,15,17,22). The van der Waals surface area contributed by atoms with Crippen molar-refractivity contribution >= 4 is 11.8 Å². The van der Waals surface area contributed by atoms with Gasteiger partial charge >= 0.3 is 6.03 Å². The van der Waals surface area contributed by atoms with Crippen LogP contribution in [0.25, 0.3) is 0 Å². The molecule has 0 aromatic carbocycles. The number of nitrogens with one attached hydrogen (secondary N) is 2. The maximum absolute atomic E-state index is 11.9. The minimum atomic E-state index is -0.234. The molecule has 0 saturated heterocycles. The summed E-state index contributed by atoms with van der Waals surface area (Å²) >= 11 is 0. The molecular weight excluding hydrogens is 282 g/mol. The SMILES string of the molecule is Cn1nc(C(C)(C)C)cc1NC(=O)NCCCn1ccnn1. The number of nitrogens with zero attached hydrogens (tertiary/aromatic N) is 5. The quantitative estimate of drug-likeness (QED) is 0.820. The third-order valence-corrected chi connectivity index (χ3v) is 3.21. The topological polar surface area (TPSA) is 89.7 Å². The fraction of sp³-hybridized carbons (Fsp3) is 0.571. The van der Waals surface area contributed by atoms with Crippen molar-refractivity contribution in [3.8, 4) is 0 Å². The van der Waals surface area contributed by atoms with Crippen molar-refractivity contribution in [3.05, 3.63) is 24.2 Å². The van der Waals surface area contributed by atoms with E-state index in [4.69, 9.17) is 0 Å². The molecule has 0 fully saturated rings. The zero-order valence-corrected chi connectivity index (χ0v) is 13.5. The average molecular weight is 305 g/mol. The molecule has 2 aromatic rings. The summed E-state index contributed by atoms with van der Waals surface area (Å²) in [6.07, 6.45) is 4.22. The van der Waals surface area contributed by atoms with E-state index in [0.717, 1.165) is 18.7 Å². The van der Waals surface area contributed by atoms with Gasteiger partial charge in [-0.3, -0.25) is 14.7 Å². The van der Waals surface area contributed by atoms with Crippen LogP contribution in [-0.2, 0) is 19.0 Å². The average Bonchev–Trinajstić information content (AvgIpc) is 3.05. The Labute approximate surface area is 129 Å². The van der Waals surface area contributed by atoms with E-state index in [-0.39, 0.29) is 11.4 Å². The lowest BCUT2D eigenvalue weighted by molar-refractivity contribution is 0.251. The minimum Gasteiger partial charge on any atom is -0.338 e. The maximum atomic E-state index is 11.9. The molecule has 0 aliphatic carbocycles. The van der Waals surface area contributed by atoms with E-state index < -0.39 is 0 Å². The van der Waals surface area contributed by atoms with Crippen LogP contribution in [0.15, 0.2) is 18.5 Å². The van der Waals surface area contributed by atoms with Gasteiger partial charge in [0.15, 0.2) is 0 Å². The molecule has 8 nitrogen and oxygen atoms in total. The summed E-state index contributed by atoms with van der Waals surface area (Å²) in [5.41, 5.74) is 0.892. The number of hydrogen-bond donors (Lipinski definition) is 2. The molecule has 0 radical (unpaired) electrons. The molecule has 2 heterocycles. The van der Waals surface area contributed by atoms with Crippen LogP contribution >= 0.6 is 0 Å². The Morgan fingerprint density at radius 1 is 1.36 bits per heavy atom. The second-order valence-electron chi connectivity index (χ2n) is 6.19. The van der Waals surface area contributed by atoms with Crippen molar-refractivity contribution < 1.29 is 4.79 Å². The first-order valence-corrected chi connectivity index (χ1v) is 7.30. The van der Waals surface area contributed by atoms with Gasteiger partial charge in [-0.2, -0.15) is 5.10 Å². The normalized spacial score (nSPS) is 11.5. The van der Waals surface area contributed by atoms with Gasteiger partial charge in [-0.1, -0.05) is 26.0 Å². The van der Waals surface area contributed by atoms with Gasteiger partial charge in [0.2, 0.25) is 0 Å². The van der Waals surface area contributed by atoms with E-state index in [2.05, 4.69) is 46.8 Å². The van der Waals surface area contributed by atoms with Gasteiger partial charge in [0.05, 0.1) is 11.9 Å². The summed E-state index contributed by atoms with van der Waals surface area (Å²) in [6.45, 7) is 7.55. The number of anilines is 1. The highest BCUT2D eigenvalue weighted by molar-refractivity contribution is 5.88. The summed E-state index contributed by atoms with van der Waals surface area (Å²) in [5.74, 6) is 0.679. The molecule has 8 heteroatoms. The van der Waals surface area contributed by atoms with Crippen LogP contribution in [0, 0.1) is 0 Å². The molecule has 0 unspecified atom stereocenters. The number of rotatable bonds is 5. The Bertz CT molecular complexity index is 610. The largest absolute Gasteiger partial charge is 0.338 e. The first-order chi connectivity index (χ1) is 10.4. The third kappa shape index (κ3) is 4.31. The van der Waals surface area contributed by atoms with Crippen LogP contribution in [0.3, 0.4) is 0 Å². The second kappa shape index (κ2) is 6.59. The fourth-order valence-corrected chi connectivity index (χ4v) is 1.91. The molecule has 0 spiro atoms. The molecule has 2 amide bonds. The number of hydrogen-bond acceptors (Lipinski definition) is 4. The first kappa shape index (κ1) is 16.0. The van der Waals surface area contributed by atoms with Crippen molar-refractivity contribution in [2.45, 2.75) is 39.2 Å². The summed E-state index contributed by atoms with van der Waals surface area (Å²) < 4.78 is 3.41. The number of amides is 2. The number of carbonyl (C=O) groups excluding carboxylic acids is 1. The molecule has 120 valence electrons. The van der Waals surface area contributed by atoms with Crippen LogP contribution in [-0.4, -0.2) is 37.4 Å². The van der Waals surface area contributed by atoms with Gasteiger partial charge in [-0.05, 0) is 6.42 Å². The smallest absolute Gasteiger partial charge is 0.320 e. The molecule has 22 heavy (non-hydrogen) atoms. The number of urea groups is 1. The summed E-state index contributed by atoms with van der Waals surface area (Å²) in [6, 6.07) is 1.66. The van der Waals surface area contributed by atoms with E-state index in [1.807, 2.05) is 13.1 Å². The van der Waals surface area contributed by atoms with Gasteiger partial charge in [-0.15, -0.1) is 5.10 Å². The van der Waals surface area contributed by atoms with E-state index in [9.17, 15) is 4.79 Å². The molecule has 2 aromatic heterocycles. The van der Waals surface area contributed by atoms with Gasteiger partial charge < -0.3 is 5.32 Å². The lowest BCUT2D eigenvalue weighted by atomic mass is 9.92. The summed E-state index contributed by atoms with van der Waals surface area (Å²) in [5, 5.41) is 17.6. The van der Waals surface area contributed by atoms with Gasteiger partial charge in [0.1, 0.15) is 5.82 Å². The molecule has 2 rings (SSSR count). The maximum Gasteiger partial charge on any atom is 0.320 e. The van der Waals surface area contributed by atoms with Crippen molar-refractivity contribution in [3.63, 3.8) is 0 Å². The first-order valence-electron chi connectivity index (χ1n) is 7.30. The lowest BCUT2D eigenvalue weighted by Crippen LogP contribution is -2.30. The number of aromatic nitrogens is 5. The Morgan fingerprint density at radius 2 is 2.14 bits per heavy atom. The van der Waals surface area contributed by atoms with E-state index in [1.54, 1.807) is 21.8 Å². The monoisotopic (exact) mass is 305 g/mol. The van der Waals surface area contributed by atoms with Crippen LogP contribution in [0.1, 0.15) is 32.9 Å². The molecular formula is C14H23N7O. The highest BCUT2D eigenvalue weighted by Crippen LogP contribution is 2.23. The van der Waals surface area contributed by atoms with Gasteiger partial charge in [-0.25, -0.2) is 4.79 Å². The van der Waals surface area contributed by atoms with Crippen molar-refractivity contribution in [1.82, 2.24) is 30.1 Å². The van der Waals surface area contributed by atoms with Gasteiger partial charge in [0.25, 0.3) is 0 Å². The molecule has 0 aliphatic heterocycles. The van der Waals surface area contributed by atoms with Crippen LogP contribution in [0.2, 0.25) is 0 Å². The minimum absolute atomic E-state index is 0.0496. The molecule has 2 N–H and O–H groups in total. The number of carbonyl (C=O) groups is 1. The Kier molecular flexibility index (Phi) is 4.79. The number of aryl methyl sites for hydroxylation is 2. The third-order valence-electron chi connectivity index (χ3n) is 3.21. The Morgan fingerprint density at radius 3 is 2.73 bits per heavy atom. The van der Waals surface area contributed by atoms with Gasteiger partial charge in [0, 0.05) is 37.8 Å². The van der Waals surface area contributed by atoms with E-state index in [1.165, 1.54) is 0 Å². The lowest BCUT2D eigenvalue weighted by Gasteiger charge is -2.13. The van der Waals surface area contributed by atoms with Crippen LogP contribution in [0.4, 0.5) is 10.6 Å². The molecule has 0 bridgehead atoms. The van der Waals surface area contributed by atoms with Crippen molar-refractivity contribution in [1.29, 1.82) is 0 Å². The van der Waals surface area contributed by atoms with E-state index >= 15 is 0 Å². The zero-order valence-electron chi connectivity index (χ0n) is 13.5. The fourth-order valence-electron chi connectivity index (χ4n) is 1.91. The van der Waals surface area contributed by atoms with Crippen LogP contribution in [0.5, 0.6) is 0 Å². The molecule has 0 aliphatic rings. The zero-order chi connectivity index (χ0) is 16.2. The second-order valence-corrected chi connectivity index (χ2v) is 6.19. The summed E-state index contributed by atoms with van der Waals surface area (Å²) in [4.78, 5) is 11.9. The van der Waals surface area contributed by atoms with E-state index in [0.29, 0.717) is 12.4 Å². The molecule has 0 atom stereocenters.